The van der Waals surface area contributed by atoms with Crippen molar-refractivity contribution in [2.24, 2.45) is 12.8 Å². The normalized spacial score (nSPS) is 12.6. The second kappa shape index (κ2) is 5.10. The quantitative estimate of drug-likeness (QED) is 0.868. The number of hydrogen-bond donors (Lipinski definition) is 1. The Morgan fingerprint density at radius 1 is 1.29 bits per heavy atom. The molecule has 17 heavy (non-hydrogen) atoms. The van der Waals surface area contributed by atoms with Crippen LogP contribution in [0.5, 0.6) is 0 Å². The maximum Gasteiger partial charge on any atom is 0.138 e. The Labute approximate surface area is 101 Å². The number of rotatable bonds is 4. The molecular formula is C13H18N4. The Balaban J connectivity index is 2.35. The zero-order chi connectivity index (χ0) is 12.3. The van der Waals surface area contributed by atoms with Crippen LogP contribution in [0.1, 0.15) is 29.3 Å². The minimum Gasteiger partial charge on any atom is -0.330 e. The largest absolute Gasteiger partial charge is 0.330 e. The first-order valence-electron chi connectivity index (χ1n) is 5.83. The van der Waals surface area contributed by atoms with Gasteiger partial charge in [-0.05, 0) is 25.5 Å². The van der Waals surface area contributed by atoms with Gasteiger partial charge in [0.25, 0.3) is 0 Å². The zero-order valence-corrected chi connectivity index (χ0v) is 10.3. The van der Waals surface area contributed by atoms with E-state index in [2.05, 4.69) is 41.3 Å². The first kappa shape index (κ1) is 11.8. The molecule has 0 aliphatic rings. The molecule has 0 aliphatic carbocycles. The summed E-state index contributed by atoms with van der Waals surface area (Å²) in [4.78, 5) is 4.33. The zero-order valence-electron chi connectivity index (χ0n) is 10.3. The molecule has 0 bridgehead atoms. The monoisotopic (exact) mass is 230 g/mol. The Hall–Kier alpha value is -1.68. The van der Waals surface area contributed by atoms with Gasteiger partial charge < -0.3 is 5.73 Å². The lowest BCUT2D eigenvalue weighted by molar-refractivity contribution is 0.616. The molecule has 0 radical (unpaired) electrons. The van der Waals surface area contributed by atoms with Gasteiger partial charge in [-0.2, -0.15) is 5.10 Å². The summed E-state index contributed by atoms with van der Waals surface area (Å²) in [5, 5.41) is 4.13. The van der Waals surface area contributed by atoms with Gasteiger partial charge in [-0.25, -0.2) is 4.98 Å². The minimum atomic E-state index is 0.230. The predicted molar refractivity (Wildman–Crippen MR) is 67.7 cm³/mol. The van der Waals surface area contributed by atoms with Crippen LogP contribution >= 0.6 is 0 Å². The van der Waals surface area contributed by atoms with Gasteiger partial charge in [-0.1, -0.05) is 29.8 Å². The molecule has 0 spiro atoms. The van der Waals surface area contributed by atoms with Crippen LogP contribution in [0.4, 0.5) is 0 Å². The molecule has 1 aromatic carbocycles. The molecule has 2 aromatic rings. The SMILES string of the molecule is Cc1ccc(C(CCN)c2ncnn2C)cc1. The molecule has 0 saturated heterocycles. The second-order valence-corrected chi connectivity index (χ2v) is 4.28. The van der Waals surface area contributed by atoms with Crippen molar-refractivity contribution >= 4 is 0 Å². The molecular weight excluding hydrogens is 212 g/mol. The molecule has 4 nitrogen and oxygen atoms in total. The highest BCUT2D eigenvalue weighted by molar-refractivity contribution is 5.28. The van der Waals surface area contributed by atoms with E-state index >= 15 is 0 Å². The van der Waals surface area contributed by atoms with Crippen LogP contribution in [0.2, 0.25) is 0 Å². The molecule has 1 unspecified atom stereocenters. The van der Waals surface area contributed by atoms with E-state index < -0.39 is 0 Å². The third kappa shape index (κ3) is 2.53. The number of nitrogens with zero attached hydrogens (tertiary/aromatic N) is 3. The average molecular weight is 230 g/mol. The highest BCUT2D eigenvalue weighted by Crippen LogP contribution is 2.25. The number of aryl methyl sites for hydroxylation is 2. The standard InChI is InChI=1S/C13H18N4/c1-10-3-5-11(6-4-10)12(7-8-14)13-15-9-16-17(13)2/h3-6,9,12H,7-8,14H2,1-2H3. The fourth-order valence-corrected chi connectivity index (χ4v) is 2.03. The maximum atomic E-state index is 5.70. The molecule has 1 atom stereocenters. The van der Waals surface area contributed by atoms with E-state index in [0.29, 0.717) is 6.54 Å². The first-order valence-corrected chi connectivity index (χ1v) is 5.83. The van der Waals surface area contributed by atoms with Gasteiger partial charge in [0.2, 0.25) is 0 Å². The molecule has 2 rings (SSSR count). The third-order valence-corrected chi connectivity index (χ3v) is 2.99. The molecule has 1 heterocycles. The predicted octanol–water partition coefficient (Wildman–Crippen LogP) is 1.60. The van der Waals surface area contributed by atoms with Gasteiger partial charge >= 0.3 is 0 Å². The van der Waals surface area contributed by atoms with Gasteiger partial charge in [0.05, 0.1) is 0 Å². The van der Waals surface area contributed by atoms with Crippen LogP contribution in [0.3, 0.4) is 0 Å². The summed E-state index contributed by atoms with van der Waals surface area (Å²) in [7, 11) is 1.92. The lowest BCUT2D eigenvalue weighted by Gasteiger charge is -2.15. The van der Waals surface area contributed by atoms with Crippen molar-refractivity contribution < 1.29 is 0 Å². The minimum absolute atomic E-state index is 0.230. The van der Waals surface area contributed by atoms with E-state index in [1.807, 2.05) is 11.7 Å². The summed E-state index contributed by atoms with van der Waals surface area (Å²) in [5.74, 6) is 1.20. The Morgan fingerprint density at radius 2 is 2.00 bits per heavy atom. The van der Waals surface area contributed by atoms with Crippen molar-refractivity contribution in [1.29, 1.82) is 0 Å². The van der Waals surface area contributed by atoms with Crippen molar-refractivity contribution in [3.63, 3.8) is 0 Å². The maximum absolute atomic E-state index is 5.70. The fourth-order valence-electron chi connectivity index (χ4n) is 2.03. The van der Waals surface area contributed by atoms with Crippen molar-refractivity contribution in [2.45, 2.75) is 19.3 Å². The number of nitrogens with two attached hydrogens (primary N) is 1. The topological polar surface area (TPSA) is 56.7 Å². The summed E-state index contributed by atoms with van der Waals surface area (Å²) in [5.41, 5.74) is 8.20. The van der Waals surface area contributed by atoms with Crippen LogP contribution in [0.25, 0.3) is 0 Å². The lowest BCUT2D eigenvalue weighted by Crippen LogP contribution is -2.13. The summed E-state index contributed by atoms with van der Waals surface area (Å²) in [6.07, 6.45) is 2.47. The lowest BCUT2D eigenvalue weighted by atomic mass is 9.94. The fraction of sp³-hybridized carbons (Fsp3) is 0.385. The van der Waals surface area contributed by atoms with Crippen molar-refractivity contribution in [3.05, 3.63) is 47.5 Å². The Bertz CT molecular complexity index is 472. The van der Waals surface area contributed by atoms with Crippen LogP contribution in [-0.4, -0.2) is 21.3 Å². The van der Waals surface area contributed by atoms with Gasteiger partial charge in [0.15, 0.2) is 0 Å². The van der Waals surface area contributed by atoms with Crippen LogP contribution in [-0.2, 0) is 7.05 Å². The molecule has 0 amide bonds. The third-order valence-electron chi connectivity index (χ3n) is 2.99. The van der Waals surface area contributed by atoms with Crippen LogP contribution in [0, 0.1) is 6.92 Å². The Morgan fingerprint density at radius 3 is 2.53 bits per heavy atom. The van der Waals surface area contributed by atoms with Crippen LogP contribution < -0.4 is 5.73 Å². The highest BCUT2D eigenvalue weighted by Gasteiger charge is 2.17. The van der Waals surface area contributed by atoms with Gasteiger partial charge in [-0.3, -0.25) is 4.68 Å². The molecule has 1 aromatic heterocycles. The van der Waals surface area contributed by atoms with Crippen molar-refractivity contribution in [3.8, 4) is 0 Å². The molecule has 90 valence electrons. The summed E-state index contributed by atoms with van der Waals surface area (Å²) in [6, 6.07) is 8.53. The van der Waals surface area contributed by atoms with E-state index in [1.54, 1.807) is 6.33 Å². The number of benzene rings is 1. The van der Waals surface area contributed by atoms with E-state index in [-0.39, 0.29) is 5.92 Å². The Kier molecular flexibility index (Phi) is 3.54. The molecule has 2 N–H and O–H groups in total. The van der Waals surface area contributed by atoms with Gasteiger partial charge in [0.1, 0.15) is 12.2 Å². The van der Waals surface area contributed by atoms with E-state index in [4.69, 9.17) is 5.73 Å². The smallest absolute Gasteiger partial charge is 0.138 e. The van der Waals surface area contributed by atoms with E-state index in [0.717, 1.165) is 12.2 Å². The molecule has 0 saturated carbocycles. The summed E-state index contributed by atoms with van der Waals surface area (Å²) < 4.78 is 1.82. The van der Waals surface area contributed by atoms with Crippen molar-refractivity contribution in [2.75, 3.05) is 6.54 Å². The van der Waals surface area contributed by atoms with Crippen LogP contribution in [0.15, 0.2) is 30.6 Å². The number of hydrogen-bond acceptors (Lipinski definition) is 3. The van der Waals surface area contributed by atoms with Gasteiger partial charge in [0, 0.05) is 13.0 Å². The first-order chi connectivity index (χ1) is 8.22. The van der Waals surface area contributed by atoms with E-state index in [1.165, 1.54) is 11.1 Å². The van der Waals surface area contributed by atoms with Crippen molar-refractivity contribution in [1.82, 2.24) is 14.8 Å². The van der Waals surface area contributed by atoms with Gasteiger partial charge in [-0.15, -0.1) is 0 Å². The summed E-state index contributed by atoms with van der Waals surface area (Å²) >= 11 is 0. The second-order valence-electron chi connectivity index (χ2n) is 4.28. The summed E-state index contributed by atoms with van der Waals surface area (Å²) in [6.45, 7) is 2.73. The molecule has 0 aliphatic heterocycles. The molecule has 0 fully saturated rings. The number of aromatic nitrogens is 3. The molecule has 4 heteroatoms. The average Bonchev–Trinajstić information content (AvgIpc) is 2.74. The highest BCUT2D eigenvalue weighted by atomic mass is 15.3. The van der Waals surface area contributed by atoms with E-state index in [9.17, 15) is 0 Å².